The van der Waals surface area contributed by atoms with Gasteiger partial charge in [-0.25, -0.2) is 9.67 Å². The number of aromatic nitrogens is 3. The Bertz CT molecular complexity index is 466. The average Bonchev–Trinajstić information content (AvgIpc) is 3.00. The Kier molecular flexibility index (Phi) is 3.53. The molecule has 0 spiro atoms. The summed E-state index contributed by atoms with van der Waals surface area (Å²) in [6.45, 7) is 3.77. The van der Waals surface area contributed by atoms with Gasteiger partial charge in [0.15, 0.2) is 0 Å². The van der Waals surface area contributed by atoms with Gasteiger partial charge in [0.2, 0.25) is 5.91 Å². The summed E-state index contributed by atoms with van der Waals surface area (Å²) >= 11 is 1.63. The van der Waals surface area contributed by atoms with Crippen LogP contribution in [0.25, 0.3) is 0 Å². The molecule has 0 fully saturated rings. The largest absolute Gasteiger partial charge is 0.347 e. The molecule has 0 aromatic carbocycles. The van der Waals surface area contributed by atoms with Gasteiger partial charge in [0.05, 0.1) is 6.04 Å². The van der Waals surface area contributed by atoms with E-state index in [0.717, 1.165) is 4.88 Å². The summed E-state index contributed by atoms with van der Waals surface area (Å²) in [4.78, 5) is 16.9. The van der Waals surface area contributed by atoms with E-state index in [1.165, 1.54) is 11.0 Å². The molecule has 2 rings (SSSR count). The first-order valence-electron chi connectivity index (χ1n) is 5.36. The number of hydrogen-bond acceptors (Lipinski definition) is 4. The highest BCUT2D eigenvalue weighted by Crippen LogP contribution is 2.18. The maximum absolute atomic E-state index is 12.0. The zero-order chi connectivity index (χ0) is 12.3. The van der Waals surface area contributed by atoms with E-state index in [2.05, 4.69) is 15.4 Å². The summed E-state index contributed by atoms with van der Waals surface area (Å²) in [7, 11) is 0. The maximum Gasteiger partial charge on any atom is 0.245 e. The van der Waals surface area contributed by atoms with Crippen molar-refractivity contribution in [1.29, 1.82) is 0 Å². The van der Waals surface area contributed by atoms with Crippen LogP contribution in [0.15, 0.2) is 30.2 Å². The van der Waals surface area contributed by atoms with E-state index in [4.69, 9.17) is 0 Å². The van der Waals surface area contributed by atoms with Gasteiger partial charge in [-0.15, -0.1) is 11.3 Å². The van der Waals surface area contributed by atoms with Gasteiger partial charge < -0.3 is 5.32 Å². The number of nitrogens with one attached hydrogen (secondary N) is 1. The highest BCUT2D eigenvalue weighted by molar-refractivity contribution is 7.10. The lowest BCUT2D eigenvalue weighted by Gasteiger charge is -2.16. The SMILES string of the molecule is C[C@H](NC(=O)[C@H](C)n1cncn1)c1cccs1. The fourth-order valence-electron chi connectivity index (χ4n) is 1.48. The van der Waals surface area contributed by atoms with E-state index in [1.54, 1.807) is 24.6 Å². The minimum Gasteiger partial charge on any atom is -0.347 e. The lowest BCUT2D eigenvalue weighted by Crippen LogP contribution is -2.32. The summed E-state index contributed by atoms with van der Waals surface area (Å²) in [6.07, 6.45) is 2.96. The second-order valence-electron chi connectivity index (χ2n) is 3.80. The van der Waals surface area contributed by atoms with Crippen molar-refractivity contribution in [2.75, 3.05) is 0 Å². The summed E-state index contributed by atoms with van der Waals surface area (Å²) in [5, 5.41) is 8.91. The van der Waals surface area contributed by atoms with Crippen molar-refractivity contribution >= 4 is 17.2 Å². The average molecular weight is 250 g/mol. The molecule has 0 radical (unpaired) electrons. The van der Waals surface area contributed by atoms with Crippen molar-refractivity contribution in [2.24, 2.45) is 0 Å². The van der Waals surface area contributed by atoms with Gasteiger partial charge in [-0.2, -0.15) is 5.10 Å². The molecule has 0 saturated carbocycles. The lowest BCUT2D eigenvalue weighted by molar-refractivity contribution is -0.124. The summed E-state index contributed by atoms with van der Waals surface area (Å²) in [5.41, 5.74) is 0. The molecular weight excluding hydrogens is 236 g/mol. The van der Waals surface area contributed by atoms with E-state index in [1.807, 2.05) is 24.4 Å². The van der Waals surface area contributed by atoms with Crippen molar-refractivity contribution in [2.45, 2.75) is 25.9 Å². The van der Waals surface area contributed by atoms with Crippen LogP contribution in [0, 0.1) is 0 Å². The summed E-state index contributed by atoms with van der Waals surface area (Å²) in [6, 6.07) is 3.66. The molecule has 0 aliphatic rings. The van der Waals surface area contributed by atoms with Crippen molar-refractivity contribution < 1.29 is 4.79 Å². The van der Waals surface area contributed by atoms with E-state index < -0.39 is 0 Å². The number of thiophene rings is 1. The number of carbonyl (C=O) groups is 1. The molecule has 0 bridgehead atoms. The van der Waals surface area contributed by atoms with Crippen LogP contribution in [-0.2, 0) is 4.79 Å². The molecule has 5 nitrogen and oxygen atoms in total. The number of carbonyl (C=O) groups excluding carboxylic acids is 1. The van der Waals surface area contributed by atoms with Crippen LogP contribution in [0.1, 0.15) is 30.8 Å². The molecule has 90 valence electrons. The second kappa shape index (κ2) is 5.09. The van der Waals surface area contributed by atoms with Gasteiger partial charge in [-0.1, -0.05) is 6.07 Å². The van der Waals surface area contributed by atoms with Gasteiger partial charge in [-0.05, 0) is 25.3 Å². The third-order valence-corrected chi connectivity index (χ3v) is 3.60. The minimum atomic E-state index is -0.347. The standard InChI is InChI=1S/C11H14N4OS/c1-8(10-4-3-5-17-10)14-11(16)9(2)15-7-12-6-13-15/h3-9H,1-2H3,(H,14,16)/t8-,9-/m0/s1. The van der Waals surface area contributed by atoms with E-state index in [9.17, 15) is 4.79 Å². The normalized spacial score (nSPS) is 14.2. The minimum absolute atomic E-state index is 0.0217. The first-order valence-corrected chi connectivity index (χ1v) is 6.24. The lowest BCUT2D eigenvalue weighted by atomic mass is 10.2. The van der Waals surface area contributed by atoms with Crippen molar-refractivity contribution in [3.63, 3.8) is 0 Å². The van der Waals surface area contributed by atoms with Crippen LogP contribution < -0.4 is 5.32 Å². The molecular formula is C11H14N4OS. The molecule has 2 heterocycles. The number of rotatable bonds is 4. The van der Waals surface area contributed by atoms with Gasteiger partial charge in [-0.3, -0.25) is 4.79 Å². The Morgan fingerprint density at radius 2 is 2.35 bits per heavy atom. The fourth-order valence-corrected chi connectivity index (χ4v) is 2.21. The maximum atomic E-state index is 12.0. The zero-order valence-corrected chi connectivity index (χ0v) is 10.5. The van der Waals surface area contributed by atoms with Crippen LogP contribution in [-0.4, -0.2) is 20.7 Å². The van der Waals surface area contributed by atoms with E-state index >= 15 is 0 Å². The third-order valence-electron chi connectivity index (χ3n) is 2.54. The predicted octanol–water partition coefficient (Wildman–Crippen LogP) is 1.78. The van der Waals surface area contributed by atoms with Crippen LogP contribution >= 0.6 is 11.3 Å². The molecule has 1 N–H and O–H groups in total. The molecule has 2 aromatic heterocycles. The molecule has 2 atom stereocenters. The van der Waals surface area contributed by atoms with Crippen LogP contribution in [0.5, 0.6) is 0 Å². The Hall–Kier alpha value is -1.69. The smallest absolute Gasteiger partial charge is 0.245 e. The third kappa shape index (κ3) is 2.71. The Balaban J connectivity index is 1.98. The molecule has 0 aliphatic heterocycles. The van der Waals surface area contributed by atoms with Crippen LogP contribution in [0.4, 0.5) is 0 Å². The summed E-state index contributed by atoms with van der Waals surface area (Å²) < 4.78 is 1.54. The second-order valence-corrected chi connectivity index (χ2v) is 4.78. The topological polar surface area (TPSA) is 59.8 Å². The predicted molar refractivity (Wildman–Crippen MR) is 65.6 cm³/mol. The molecule has 17 heavy (non-hydrogen) atoms. The highest BCUT2D eigenvalue weighted by atomic mass is 32.1. The first-order chi connectivity index (χ1) is 8.18. The van der Waals surface area contributed by atoms with Gasteiger partial charge in [0, 0.05) is 4.88 Å². The number of nitrogens with zero attached hydrogens (tertiary/aromatic N) is 3. The number of amides is 1. The van der Waals surface area contributed by atoms with Gasteiger partial charge in [0.1, 0.15) is 18.7 Å². The molecule has 0 aliphatic carbocycles. The van der Waals surface area contributed by atoms with E-state index in [-0.39, 0.29) is 18.0 Å². The quantitative estimate of drug-likeness (QED) is 0.899. The Morgan fingerprint density at radius 3 is 2.94 bits per heavy atom. The fraction of sp³-hybridized carbons (Fsp3) is 0.364. The monoisotopic (exact) mass is 250 g/mol. The molecule has 6 heteroatoms. The highest BCUT2D eigenvalue weighted by Gasteiger charge is 2.18. The zero-order valence-electron chi connectivity index (χ0n) is 9.70. The van der Waals surface area contributed by atoms with Crippen molar-refractivity contribution in [3.05, 3.63) is 35.0 Å². The molecule has 2 aromatic rings. The molecule has 1 amide bonds. The Labute approximate surface area is 103 Å². The molecule has 0 saturated heterocycles. The van der Waals surface area contributed by atoms with Crippen LogP contribution in [0.3, 0.4) is 0 Å². The molecule has 0 unspecified atom stereocenters. The van der Waals surface area contributed by atoms with Gasteiger partial charge >= 0.3 is 0 Å². The van der Waals surface area contributed by atoms with Gasteiger partial charge in [0.25, 0.3) is 0 Å². The number of hydrogen-bond donors (Lipinski definition) is 1. The van der Waals surface area contributed by atoms with E-state index in [0.29, 0.717) is 0 Å². The van der Waals surface area contributed by atoms with Crippen molar-refractivity contribution in [3.8, 4) is 0 Å². The van der Waals surface area contributed by atoms with Crippen LogP contribution in [0.2, 0.25) is 0 Å². The van der Waals surface area contributed by atoms with Crippen molar-refractivity contribution in [1.82, 2.24) is 20.1 Å². The summed E-state index contributed by atoms with van der Waals surface area (Å²) in [5.74, 6) is -0.0589. The Morgan fingerprint density at radius 1 is 1.53 bits per heavy atom. The first kappa shape index (κ1) is 11.8.